The number of rotatable bonds is 4. The van der Waals surface area contributed by atoms with Gasteiger partial charge in [0.2, 0.25) is 0 Å². The predicted molar refractivity (Wildman–Crippen MR) is 86.2 cm³/mol. The van der Waals surface area contributed by atoms with E-state index >= 15 is 0 Å². The number of hydrogen-bond donors (Lipinski definition) is 3. The normalized spacial score (nSPS) is 12.8. The van der Waals surface area contributed by atoms with Crippen molar-refractivity contribution in [1.29, 1.82) is 0 Å². The van der Waals surface area contributed by atoms with Crippen molar-refractivity contribution in [1.82, 2.24) is 15.5 Å². The molecule has 1 aromatic carbocycles. The van der Waals surface area contributed by atoms with E-state index in [4.69, 9.17) is 9.47 Å². The van der Waals surface area contributed by atoms with Gasteiger partial charge in [-0.15, -0.1) is 0 Å². The number of hydrogen-bond acceptors (Lipinski definition) is 4. The first-order valence-electron chi connectivity index (χ1n) is 7.58. The Bertz CT molecular complexity index is 692. The van der Waals surface area contributed by atoms with Crippen LogP contribution >= 0.6 is 0 Å². The summed E-state index contributed by atoms with van der Waals surface area (Å²) in [6.45, 7) is 5.39. The third-order valence-electron chi connectivity index (χ3n) is 3.67. The Labute approximate surface area is 134 Å². The Morgan fingerprint density at radius 2 is 2.04 bits per heavy atom. The van der Waals surface area contributed by atoms with Crippen molar-refractivity contribution in [2.75, 3.05) is 25.1 Å². The summed E-state index contributed by atoms with van der Waals surface area (Å²) in [5, 5.41) is 12.5. The maximum Gasteiger partial charge on any atom is 0.319 e. The molecular weight excluding hydrogens is 296 g/mol. The standard InChI is InChI=1S/C16H20N4O3/c1-10-15(11(2)20-19-10)18-16(21)17-6-5-12-3-4-13-14(9-12)23-8-7-22-13/h3-4,9H,5-8H2,1-2H3,(H,19,20)(H2,17,18,21). The van der Waals surface area contributed by atoms with Crippen LogP contribution in [0.3, 0.4) is 0 Å². The van der Waals surface area contributed by atoms with Crippen LogP contribution in [0.5, 0.6) is 11.5 Å². The monoisotopic (exact) mass is 316 g/mol. The fourth-order valence-electron chi connectivity index (χ4n) is 2.46. The Kier molecular flexibility index (Phi) is 4.36. The maximum atomic E-state index is 11.9. The fraction of sp³-hybridized carbons (Fsp3) is 0.375. The number of anilines is 1. The van der Waals surface area contributed by atoms with Crippen molar-refractivity contribution in [3.05, 3.63) is 35.2 Å². The maximum absolute atomic E-state index is 11.9. The first kappa shape index (κ1) is 15.2. The van der Waals surface area contributed by atoms with Crippen LogP contribution in [0.2, 0.25) is 0 Å². The van der Waals surface area contributed by atoms with E-state index in [1.54, 1.807) is 0 Å². The second-order valence-electron chi connectivity index (χ2n) is 5.42. The number of fused-ring (bicyclic) bond motifs is 1. The summed E-state index contributed by atoms with van der Waals surface area (Å²) in [4.78, 5) is 11.9. The Morgan fingerprint density at radius 3 is 2.78 bits per heavy atom. The Morgan fingerprint density at radius 1 is 1.26 bits per heavy atom. The highest BCUT2D eigenvalue weighted by Crippen LogP contribution is 2.30. The second-order valence-corrected chi connectivity index (χ2v) is 5.42. The molecule has 2 amide bonds. The van der Waals surface area contributed by atoms with E-state index < -0.39 is 0 Å². The Balaban J connectivity index is 1.50. The molecule has 122 valence electrons. The van der Waals surface area contributed by atoms with Crippen molar-refractivity contribution in [2.45, 2.75) is 20.3 Å². The number of carbonyl (C=O) groups is 1. The van der Waals surface area contributed by atoms with Crippen molar-refractivity contribution < 1.29 is 14.3 Å². The molecule has 1 aliphatic rings. The summed E-state index contributed by atoms with van der Waals surface area (Å²) >= 11 is 0. The molecule has 0 fully saturated rings. The minimum Gasteiger partial charge on any atom is -0.486 e. The van der Waals surface area contributed by atoms with Crippen LogP contribution < -0.4 is 20.1 Å². The molecule has 0 atom stereocenters. The third-order valence-corrected chi connectivity index (χ3v) is 3.67. The van der Waals surface area contributed by atoms with Crippen LogP contribution in [-0.2, 0) is 6.42 Å². The summed E-state index contributed by atoms with van der Waals surface area (Å²) in [5.74, 6) is 1.54. The number of carbonyl (C=O) groups excluding carboxylic acids is 1. The van der Waals surface area contributed by atoms with Gasteiger partial charge in [-0.25, -0.2) is 4.79 Å². The molecule has 7 nitrogen and oxygen atoms in total. The molecule has 0 bridgehead atoms. The van der Waals surface area contributed by atoms with Gasteiger partial charge in [0, 0.05) is 6.54 Å². The second kappa shape index (κ2) is 6.60. The fourth-order valence-corrected chi connectivity index (χ4v) is 2.46. The zero-order chi connectivity index (χ0) is 16.2. The quantitative estimate of drug-likeness (QED) is 0.806. The van der Waals surface area contributed by atoms with Crippen LogP contribution in [0.25, 0.3) is 0 Å². The van der Waals surface area contributed by atoms with E-state index in [1.807, 2.05) is 32.0 Å². The van der Waals surface area contributed by atoms with E-state index in [1.165, 1.54) is 0 Å². The van der Waals surface area contributed by atoms with E-state index in [9.17, 15) is 4.79 Å². The minimum atomic E-state index is -0.241. The van der Waals surface area contributed by atoms with Gasteiger partial charge in [-0.05, 0) is 38.0 Å². The number of amides is 2. The highest BCUT2D eigenvalue weighted by Gasteiger charge is 2.12. The zero-order valence-corrected chi connectivity index (χ0v) is 13.2. The number of benzene rings is 1. The van der Waals surface area contributed by atoms with Crippen LogP contribution in [0, 0.1) is 13.8 Å². The number of aryl methyl sites for hydroxylation is 2. The molecule has 7 heteroatoms. The number of nitrogens with one attached hydrogen (secondary N) is 3. The van der Waals surface area contributed by atoms with Gasteiger partial charge < -0.3 is 20.1 Å². The van der Waals surface area contributed by atoms with Crippen molar-refractivity contribution in [3.8, 4) is 11.5 Å². The predicted octanol–water partition coefficient (Wildman–Crippen LogP) is 2.16. The van der Waals surface area contributed by atoms with E-state index in [2.05, 4.69) is 20.8 Å². The molecule has 1 aliphatic heterocycles. The van der Waals surface area contributed by atoms with Gasteiger partial charge in [0.15, 0.2) is 11.5 Å². The van der Waals surface area contributed by atoms with Gasteiger partial charge in [0.1, 0.15) is 13.2 Å². The van der Waals surface area contributed by atoms with Gasteiger partial charge in [-0.3, -0.25) is 5.10 Å². The third kappa shape index (κ3) is 3.56. The molecule has 23 heavy (non-hydrogen) atoms. The minimum absolute atomic E-state index is 0.241. The lowest BCUT2D eigenvalue weighted by atomic mass is 10.1. The highest BCUT2D eigenvalue weighted by molar-refractivity contribution is 5.90. The zero-order valence-electron chi connectivity index (χ0n) is 13.2. The van der Waals surface area contributed by atoms with Crippen molar-refractivity contribution in [2.24, 2.45) is 0 Å². The molecular formula is C16H20N4O3. The van der Waals surface area contributed by atoms with Crippen LogP contribution in [0.15, 0.2) is 18.2 Å². The van der Waals surface area contributed by atoms with Gasteiger partial charge >= 0.3 is 6.03 Å². The largest absolute Gasteiger partial charge is 0.486 e. The molecule has 0 saturated carbocycles. The number of nitrogens with zero attached hydrogens (tertiary/aromatic N) is 1. The lowest BCUT2D eigenvalue weighted by Crippen LogP contribution is -2.30. The van der Waals surface area contributed by atoms with E-state index in [-0.39, 0.29) is 6.03 Å². The Hall–Kier alpha value is -2.70. The molecule has 0 unspecified atom stereocenters. The van der Waals surface area contributed by atoms with Crippen molar-refractivity contribution in [3.63, 3.8) is 0 Å². The lowest BCUT2D eigenvalue weighted by Gasteiger charge is -2.18. The average molecular weight is 316 g/mol. The first-order chi connectivity index (χ1) is 11.1. The van der Waals surface area contributed by atoms with E-state index in [0.717, 1.165) is 34.1 Å². The number of urea groups is 1. The summed E-state index contributed by atoms with van der Waals surface area (Å²) in [7, 11) is 0. The van der Waals surface area contributed by atoms with Crippen LogP contribution in [0.4, 0.5) is 10.5 Å². The molecule has 2 aromatic rings. The molecule has 2 heterocycles. The van der Waals surface area contributed by atoms with Crippen LogP contribution in [-0.4, -0.2) is 36.0 Å². The molecule has 3 N–H and O–H groups in total. The summed E-state index contributed by atoms with van der Waals surface area (Å²) in [6, 6.07) is 5.60. The molecule has 3 rings (SSSR count). The lowest BCUT2D eigenvalue weighted by molar-refractivity contribution is 0.171. The SMILES string of the molecule is Cc1n[nH]c(C)c1NC(=O)NCCc1ccc2c(c1)OCCO2. The van der Waals surface area contributed by atoms with Gasteiger partial charge in [0.25, 0.3) is 0 Å². The van der Waals surface area contributed by atoms with Gasteiger partial charge in [-0.1, -0.05) is 6.07 Å². The molecule has 0 spiro atoms. The van der Waals surface area contributed by atoms with Crippen LogP contribution in [0.1, 0.15) is 17.0 Å². The smallest absolute Gasteiger partial charge is 0.319 e. The summed E-state index contributed by atoms with van der Waals surface area (Å²) in [5.41, 5.74) is 3.42. The average Bonchev–Trinajstić information content (AvgIpc) is 2.87. The summed E-state index contributed by atoms with van der Waals surface area (Å²) < 4.78 is 11.0. The summed E-state index contributed by atoms with van der Waals surface area (Å²) in [6.07, 6.45) is 0.716. The van der Waals surface area contributed by atoms with E-state index in [0.29, 0.717) is 26.2 Å². The number of H-pyrrole nitrogens is 1. The molecule has 0 aliphatic carbocycles. The van der Waals surface area contributed by atoms with Gasteiger partial charge in [0.05, 0.1) is 17.1 Å². The number of ether oxygens (including phenoxy) is 2. The van der Waals surface area contributed by atoms with Gasteiger partial charge in [-0.2, -0.15) is 5.10 Å². The topological polar surface area (TPSA) is 88.3 Å². The van der Waals surface area contributed by atoms with Crippen molar-refractivity contribution >= 4 is 11.7 Å². The molecule has 1 aromatic heterocycles. The molecule has 0 radical (unpaired) electrons. The first-order valence-corrected chi connectivity index (χ1v) is 7.58. The number of aromatic amines is 1. The molecule has 0 saturated heterocycles. The number of aromatic nitrogens is 2. The highest BCUT2D eigenvalue weighted by atomic mass is 16.6.